The monoisotopic (exact) mass is 238 g/mol. The van der Waals surface area contributed by atoms with Crippen molar-refractivity contribution < 1.29 is 14.3 Å². The van der Waals surface area contributed by atoms with Crippen LogP contribution in [0.15, 0.2) is 12.3 Å². The van der Waals surface area contributed by atoms with Gasteiger partial charge in [0.2, 0.25) is 0 Å². The summed E-state index contributed by atoms with van der Waals surface area (Å²) in [5.74, 6) is -1.56. The van der Waals surface area contributed by atoms with Gasteiger partial charge in [0.05, 0.1) is 6.20 Å². The van der Waals surface area contributed by atoms with E-state index in [4.69, 9.17) is 5.11 Å². The summed E-state index contributed by atoms with van der Waals surface area (Å²) in [5.41, 5.74) is 0.0965. The number of halogens is 1. The number of anilines is 1. The summed E-state index contributed by atoms with van der Waals surface area (Å²) in [7, 11) is 0. The van der Waals surface area contributed by atoms with Crippen LogP contribution in [0.25, 0.3) is 0 Å². The topological polar surface area (TPSA) is 62.2 Å². The number of hydrogen-bond acceptors (Lipinski definition) is 3. The van der Waals surface area contributed by atoms with Crippen LogP contribution in [0.4, 0.5) is 10.2 Å². The van der Waals surface area contributed by atoms with E-state index in [-0.39, 0.29) is 16.8 Å². The Labute approximate surface area is 98.9 Å². The average molecular weight is 238 g/mol. The van der Waals surface area contributed by atoms with Crippen molar-refractivity contribution >= 4 is 11.8 Å². The van der Waals surface area contributed by atoms with Gasteiger partial charge in [-0.05, 0) is 24.3 Å². The third-order valence-corrected chi connectivity index (χ3v) is 3.33. The van der Waals surface area contributed by atoms with E-state index in [1.165, 1.54) is 6.42 Å². The molecule has 1 aliphatic rings. The number of carboxylic acids is 1. The highest BCUT2D eigenvalue weighted by Gasteiger charge is 2.31. The minimum Gasteiger partial charge on any atom is -0.478 e. The van der Waals surface area contributed by atoms with Crippen LogP contribution in [0.1, 0.15) is 36.5 Å². The highest BCUT2D eigenvalue weighted by atomic mass is 19.1. The van der Waals surface area contributed by atoms with E-state index < -0.39 is 11.8 Å². The van der Waals surface area contributed by atoms with Crippen molar-refractivity contribution in [2.45, 2.75) is 26.2 Å². The lowest BCUT2D eigenvalue weighted by atomic mass is 9.70. The minimum atomic E-state index is -1.17. The first kappa shape index (κ1) is 11.8. The zero-order chi connectivity index (χ0) is 12.5. The lowest BCUT2D eigenvalue weighted by molar-refractivity contribution is 0.0696. The van der Waals surface area contributed by atoms with Gasteiger partial charge in [0.15, 0.2) is 0 Å². The van der Waals surface area contributed by atoms with Crippen LogP contribution in [0.3, 0.4) is 0 Å². The predicted molar refractivity (Wildman–Crippen MR) is 61.6 cm³/mol. The summed E-state index contributed by atoms with van der Waals surface area (Å²) in [4.78, 5) is 14.7. The third-order valence-electron chi connectivity index (χ3n) is 3.33. The fourth-order valence-electron chi connectivity index (χ4n) is 2.00. The Hall–Kier alpha value is -1.65. The minimum absolute atomic E-state index is 0.118. The summed E-state index contributed by atoms with van der Waals surface area (Å²) < 4.78 is 12.9. The second-order valence-electron chi connectivity index (χ2n) is 4.87. The van der Waals surface area contributed by atoms with Crippen molar-refractivity contribution in [2.75, 3.05) is 11.9 Å². The quantitative estimate of drug-likeness (QED) is 0.846. The molecule has 0 aromatic carbocycles. The molecule has 2 N–H and O–H groups in total. The first-order valence-corrected chi connectivity index (χ1v) is 5.63. The van der Waals surface area contributed by atoms with Crippen LogP contribution >= 0.6 is 0 Å². The zero-order valence-corrected chi connectivity index (χ0v) is 9.66. The summed E-state index contributed by atoms with van der Waals surface area (Å²) in [5, 5.41) is 11.9. The van der Waals surface area contributed by atoms with Crippen LogP contribution in [0, 0.1) is 11.2 Å². The molecule has 92 valence electrons. The molecule has 0 saturated heterocycles. The molecule has 1 heterocycles. The first-order chi connectivity index (χ1) is 8.00. The van der Waals surface area contributed by atoms with Crippen LogP contribution in [0.5, 0.6) is 0 Å². The molecule has 0 aliphatic heterocycles. The Morgan fingerprint density at radius 1 is 1.65 bits per heavy atom. The lowest BCUT2D eigenvalue weighted by Crippen LogP contribution is -2.33. The number of hydrogen-bond donors (Lipinski definition) is 2. The van der Waals surface area contributed by atoms with Gasteiger partial charge in [-0.15, -0.1) is 0 Å². The number of aromatic nitrogens is 1. The summed E-state index contributed by atoms with van der Waals surface area (Å²) in [6.07, 6.45) is 4.49. The van der Waals surface area contributed by atoms with Crippen LogP contribution < -0.4 is 5.32 Å². The molecule has 2 rings (SSSR count). The number of pyridine rings is 1. The predicted octanol–water partition coefficient (Wildman–Crippen LogP) is 2.52. The van der Waals surface area contributed by atoms with Gasteiger partial charge in [0.1, 0.15) is 17.2 Å². The second kappa shape index (κ2) is 4.31. The molecule has 0 spiro atoms. The molecule has 0 atom stereocenters. The Bertz CT molecular complexity index is 444. The molecule has 0 bridgehead atoms. The number of carboxylic acid groups (broad SMARTS) is 1. The van der Waals surface area contributed by atoms with Crippen molar-refractivity contribution in [3.63, 3.8) is 0 Å². The lowest BCUT2D eigenvalue weighted by Gasteiger charge is -2.38. The maximum absolute atomic E-state index is 12.9. The number of carbonyl (C=O) groups is 1. The van der Waals surface area contributed by atoms with E-state index in [0.29, 0.717) is 6.54 Å². The standard InChI is InChI=1S/C12H15FN2O2/c1-12(3-2-4-12)7-15-10-9(11(16)17)5-8(13)6-14-10/h5-6H,2-4,7H2,1H3,(H,14,15)(H,16,17). The molecule has 0 unspecified atom stereocenters. The maximum atomic E-state index is 12.9. The molecule has 1 aromatic heterocycles. The third kappa shape index (κ3) is 2.54. The van der Waals surface area contributed by atoms with E-state index in [2.05, 4.69) is 17.2 Å². The molecule has 1 aliphatic carbocycles. The fourth-order valence-corrected chi connectivity index (χ4v) is 2.00. The molecule has 1 saturated carbocycles. The molecule has 1 fully saturated rings. The number of rotatable bonds is 4. The van der Waals surface area contributed by atoms with Gasteiger partial charge in [-0.25, -0.2) is 14.2 Å². The van der Waals surface area contributed by atoms with Crippen molar-refractivity contribution in [1.82, 2.24) is 4.98 Å². The van der Waals surface area contributed by atoms with Gasteiger partial charge < -0.3 is 10.4 Å². The van der Waals surface area contributed by atoms with E-state index in [1.54, 1.807) is 0 Å². The van der Waals surface area contributed by atoms with E-state index in [9.17, 15) is 9.18 Å². The summed E-state index contributed by atoms with van der Waals surface area (Å²) in [6, 6.07) is 0.987. The SMILES string of the molecule is CC1(CNc2ncc(F)cc2C(=O)O)CCC1. The van der Waals surface area contributed by atoms with E-state index >= 15 is 0 Å². The highest BCUT2D eigenvalue weighted by Crippen LogP contribution is 2.40. The van der Waals surface area contributed by atoms with Crippen molar-refractivity contribution in [2.24, 2.45) is 5.41 Å². The van der Waals surface area contributed by atoms with Crippen LogP contribution in [-0.2, 0) is 0 Å². The number of aromatic carboxylic acids is 1. The number of nitrogens with one attached hydrogen (secondary N) is 1. The number of nitrogens with zero attached hydrogens (tertiary/aromatic N) is 1. The largest absolute Gasteiger partial charge is 0.478 e. The van der Waals surface area contributed by atoms with Gasteiger partial charge in [-0.2, -0.15) is 0 Å². The Kier molecular flexibility index (Phi) is 3.00. The van der Waals surface area contributed by atoms with Crippen molar-refractivity contribution in [1.29, 1.82) is 0 Å². The average Bonchev–Trinajstić information content (AvgIpc) is 2.24. The summed E-state index contributed by atoms with van der Waals surface area (Å²) >= 11 is 0. The van der Waals surface area contributed by atoms with Gasteiger partial charge in [-0.1, -0.05) is 13.3 Å². The smallest absolute Gasteiger partial charge is 0.339 e. The van der Waals surface area contributed by atoms with E-state index in [0.717, 1.165) is 25.1 Å². The first-order valence-electron chi connectivity index (χ1n) is 5.63. The van der Waals surface area contributed by atoms with Crippen molar-refractivity contribution in [3.8, 4) is 0 Å². The molecule has 1 aromatic rings. The second-order valence-corrected chi connectivity index (χ2v) is 4.87. The van der Waals surface area contributed by atoms with Gasteiger partial charge in [0.25, 0.3) is 0 Å². The Morgan fingerprint density at radius 3 is 2.88 bits per heavy atom. The molecule has 5 heteroatoms. The normalized spacial score (nSPS) is 17.3. The molecule has 17 heavy (non-hydrogen) atoms. The molecule has 0 amide bonds. The fraction of sp³-hybridized carbons (Fsp3) is 0.500. The van der Waals surface area contributed by atoms with Crippen molar-refractivity contribution in [3.05, 3.63) is 23.6 Å². The Morgan fingerprint density at radius 2 is 2.35 bits per heavy atom. The highest BCUT2D eigenvalue weighted by molar-refractivity contribution is 5.93. The molecule has 4 nitrogen and oxygen atoms in total. The van der Waals surface area contributed by atoms with Gasteiger partial charge >= 0.3 is 5.97 Å². The van der Waals surface area contributed by atoms with Crippen LogP contribution in [-0.4, -0.2) is 22.6 Å². The Balaban J connectivity index is 2.12. The molecular formula is C12H15FN2O2. The van der Waals surface area contributed by atoms with Gasteiger partial charge in [0, 0.05) is 6.54 Å². The molecule has 0 radical (unpaired) electrons. The zero-order valence-electron chi connectivity index (χ0n) is 9.66. The van der Waals surface area contributed by atoms with Gasteiger partial charge in [-0.3, -0.25) is 0 Å². The molecular weight excluding hydrogens is 223 g/mol. The maximum Gasteiger partial charge on any atom is 0.339 e. The summed E-state index contributed by atoms with van der Waals surface area (Å²) in [6.45, 7) is 2.82. The van der Waals surface area contributed by atoms with E-state index in [1.807, 2.05) is 0 Å². The van der Waals surface area contributed by atoms with Crippen LogP contribution in [0.2, 0.25) is 0 Å².